The quantitative estimate of drug-likeness (QED) is 0.846. The van der Waals surface area contributed by atoms with Gasteiger partial charge >= 0.3 is 0 Å². The van der Waals surface area contributed by atoms with E-state index in [1.165, 1.54) is 0 Å². The molecule has 1 unspecified atom stereocenters. The van der Waals surface area contributed by atoms with Crippen molar-refractivity contribution in [2.24, 2.45) is 0 Å². The second-order valence-electron chi connectivity index (χ2n) is 4.60. The Hall–Kier alpha value is -2.01. The van der Waals surface area contributed by atoms with Gasteiger partial charge in [-0.05, 0) is 46.0 Å². The molecule has 1 heterocycles. The van der Waals surface area contributed by atoms with Crippen molar-refractivity contribution in [3.63, 3.8) is 0 Å². The Kier molecular flexibility index (Phi) is 5.22. The molecule has 1 aromatic heterocycles. The van der Waals surface area contributed by atoms with E-state index in [1.54, 1.807) is 6.20 Å². The maximum Gasteiger partial charge on any atom is 0.211 e. The number of aromatic nitrogens is 1. The number of oxazole rings is 1. The summed E-state index contributed by atoms with van der Waals surface area (Å²) < 4.78 is 17.0. The normalized spacial score (nSPS) is 12.2. The summed E-state index contributed by atoms with van der Waals surface area (Å²) >= 11 is 0. The Balaban J connectivity index is 2.31. The summed E-state index contributed by atoms with van der Waals surface area (Å²) in [7, 11) is 1.87. The molecule has 21 heavy (non-hydrogen) atoms. The van der Waals surface area contributed by atoms with Crippen LogP contribution in [0.1, 0.15) is 32.7 Å². The van der Waals surface area contributed by atoms with Crippen LogP contribution in [0.25, 0.3) is 11.3 Å². The van der Waals surface area contributed by atoms with Crippen molar-refractivity contribution in [2.75, 3.05) is 20.3 Å². The third kappa shape index (κ3) is 3.55. The lowest BCUT2D eigenvalue weighted by Gasteiger charge is -2.11. The van der Waals surface area contributed by atoms with Crippen LogP contribution in [0.5, 0.6) is 11.5 Å². The molecule has 0 spiro atoms. The fourth-order valence-electron chi connectivity index (χ4n) is 1.95. The van der Waals surface area contributed by atoms with Gasteiger partial charge in [-0.1, -0.05) is 0 Å². The minimum absolute atomic E-state index is 0.0767. The van der Waals surface area contributed by atoms with Gasteiger partial charge in [-0.2, -0.15) is 0 Å². The van der Waals surface area contributed by atoms with Gasteiger partial charge in [0.05, 0.1) is 25.5 Å². The second kappa shape index (κ2) is 7.13. The highest BCUT2D eigenvalue weighted by Crippen LogP contribution is 2.33. The van der Waals surface area contributed by atoms with Crippen molar-refractivity contribution < 1.29 is 13.9 Å². The van der Waals surface area contributed by atoms with Crippen LogP contribution in [-0.4, -0.2) is 25.2 Å². The van der Waals surface area contributed by atoms with E-state index in [0.717, 1.165) is 22.8 Å². The van der Waals surface area contributed by atoms with E-state index in [1.807, 2.05) is 46.0 Å². The molecule has 5 heteroatoms. The maximum absolute atomic E-state index is 5.79. The number of nitrogens with zero attached hydrogens (tertiary/aromatic N) is 1. The van der Waals surface area contributed by atoms with Crippen molar-refractivity contribution in [2.45, 2.75) is 26.8 Å². The summed E-state index contributed by atoms with van der Waals surface area (Å²) in [6.07, 6.45) is 1.73. The molecule has 2 rings (SSSR count). The van der Waals surface area contributed by atoms with Gasteiger partial charge < -0.3 is 19.2 Å². The van der Waals surface area contributed by atoms with Gasteiger partial charge in [0, 0.05) is 5.56 Å². The van der Waals surface area contributed by atoms with Gasteiger partial charge in [0.1, 0.15) is 0 Å². The van der Waals surface area contributed by atoms with Gasteiger partial charge in [-0.15, -0.1) is 0 Å². The predicted molar refractivity (Wildman–Crippen MR) is 81.8 cm³/mol. The molecule has 0 saturated carbocycles. The molecule has 0 aliphatic carbocycles. The van der Waals surface area contributed by atoms with Crippen LogP contribution in [0.2, 0.25) is 0 Å². The SMILES string of the molecule is CCOc1ccc(-c2cnc(C(C)NC)o2)cc1OCC. The molecule has 0 radical (unpaired) electrons. The average molecular weight is 290 g/mol. The number of benzene rings is 1. The van der Waals surface area contributed by atoms with Gasteiger partial charge in [0.25, 0.3) is 0 Å². The third-order valence-electron chi connectivity index (χ3n) is 3.15. The highest BCUT2D eigenvalue weighted by atomic mass is 16.5. The topological polar surface area (TPSA) is 56.5 Å². The van der Waals surface area contributed by atoms with E-state index >= 15 is 0 Å². The first-order chi connectivity index (χ1) is 10.2. The van der Waals surface area contributed by atoms with Crippen LogP contribution in [0.3, 0.4) is 0 Å². The standard InChI is InChI=1S/C16H22N2O3/c1-5-19-13-8-7-12(9-14(13)20-6-2)15-10-18-16(21-15)11(3)17-4/h7-11,17H,5-6H2,1-4H3. The fraction of sp³-hybridized carbons (Fsp3) is 0.438. The Labute approximate surface area is 125 Å². The summed E-state index contributed by atoms with van der Waals surface area (Å²) in [6.45, 7) is 7.09. The lowest BCUT2D eigenvalue weighted by Crippen LogP contribution is -2.12. The zero-order chi connectivity index (χ0) is 15.2. The van der Waals surface area contributed by atoms with Crippen molar-refractivity contribution in [3.8, 4) is 22.8 Å². The van der Waals surface area contributed by atoms with Crippen LogP contribution < -0.4 is 14.8 Å². The molecular formula is C16H22N2O3. The first-order valence-electron chi connectivity index (χ1n) is 7.22. The predicted octanol–water partition coefficient (Wildman–Crippen LogP) is 3.42. The monoisotopic (exact) mass is 290 g/mol. The summed E-state index contributed by atoms with van der Waals surface area (Å²) in [5.74, 6) is 2.85. The number of nitrogens with one attached hydrogen (secondary N) is 1. The van der Waals surface area contributed by atoms with Crippen LogP contribution in [-0.2, 0) is 0 Å². The van der Waals surface area contributed by atoms with Crippen molar-refractivity contribution >= 4 is 0 Å². The number of rotatable bonds is 7. The molecule has 1 atom stereocenters. The lowest BCUT2D eigenvalue weighted by atomic mass is 10.1. The van der Waals surface area contributed by atoms with E-state index < -0.39 is 0 Å². The molecule has 0 fully saturated rings. The van der Waals surface area contributed by atoms with Gasteiger partial charge in [-0.25, -0.2) is 4.98 Å². The molecule has 0 aliphatic rings. The molecule has 1 N–H and O–H groups in total. The summed E-state index contributed by atoms with van der Waals surface area (Å²) in [4.78, 5) is 4.30. The van der Waals surface area contributed by atoms with Crippen LogP contribution in [0.15, 0.2) is 28.8 Å². The van der Waals surface area contributed by atoms with E-state index in [4.69, 9.17) is 13.9 Å². The number of hydrogen-bond acceptors (Lipinski definition) is 5. The summed E-state index contributed by atoms with van der Waals surface area (Å²) in [5.41, 5.74) is 0.920. The zero-order valence-corrected chi connectivity index (χ0v) is 13.0. The molecule has 5 nitrogen and oxygen atoms in total. The molecule has 2 aromatic rings. The first kappa shape index (κ1) is 15.4. The highest BCUT2D eigenvalue weighted by molar-refractivity contribution is 5.62. The van der Waals surface area contributed by atoms with Crippen molar-refractivity contribution in [1.29, 1.82) is 0 Å². The second-order valence-corrected chi connectivity index (χ2v) is 4.60. The third-order valence-corrected chi connectivity index (χ3v) is 3.15. The van der Waals surface area contributed by atoms with E-state index in [2.05, 4.69) is 10.3 Å². The average Bonchev–Trinajstić information content (AvgIpc) is 2.98. The summed E-state index contributed by atoms with van der Waals surface area (Å²) in [6, 6.07) is 5.84. The zero-order valence-electron chi connectivity index (χ0n) is 13.0. The Morgan fingerprint density at radius 2 is 1.90 bits per heavy atom. The number of ether oxygens (including phenoxy) is 2. The molecular weight excluding hydrogens is 268 g/mol. The largest absolute Gasteiger partial charge is 0.490 e. The Morgan fingerprint density at radius 1 is 1.19 bits per heavy atom. The molecule has 114 valence electrons. The Morgan fingerprint density at radius 3 is 2.57 bits per heavy atom. The molecule has 0 aliphatic heterocycles. The molecule has 0 amide bonds. The lowest BCUT2D eigenvalue weighted by molar-refractivity contribution is 0.288. The van der Waals surface area contributed by atoms with Crippen LogP contribution in [0.4, 0.5) is 0 Å². The minimum Gasteiger partial charge on any atom is -0.490 e. The highest BCUT2D eigenvalue weighted by Gasteiger charge is 2.13. The van der Waals surface area contributed by atoms with Crippen molar-refractivity contribution in [1.82, 2.24) is 10.3 Å². The van der Waals surface area contributed by atoms with Crippen molar-refractivity contribution in [3.05, 3.63) is 30.3 Å². The van der Waals surface area contributed by atoms with Crippen LogP contribution in [0, 0.1) is 0 Å². The van der Waals surface area contributed by atoms with Gasteiger partial charge in [0.15, 0.2) is 17.3 Å². The maximum atomic E-state index is 5.79. The smallest absolute Gasteiger partial charge is 0.211 e. The van der Waals surface area contributed by atoms with Gasteiger partial charge in [-0.3, -0.25) is 0 Å². The molecule has 1 aromatic carbocycles. The number of hydrogen-bond donors (Lipinski definition) is 1. The summed E-state index contributed by atoms with van der Waals surface area (Å²) in [5, 5.41) is 3.10. The van der Waals surface area contributed by atoms with E-state index in [0.29, 0.717) is 19.1 Å². The van der Waals surface area contributed by atoms with E-state index in [-0.39, 0.29) is 6.04 Å². The molecule has 0 bridgehead atoms. The van der Waals surface area contributed by atoms with Crippen LogP contribution >= 0.6 is 0 Å². The van der Waals surface area contributed by atoms with Gasteiger partial charge in [0.2, 0.25) is 5.89 Å². The van der Waals surface area contributed by atoms with E-state index in [9.17, 15) is 0 Å². The Bertz CT molecular complexity index is 581. The first-order valence-corrected chi connectivity index (χ1v) is 7.22. The minimum atomic E-state index is 0.0767. The molecule has 0 saturated heterocycles. The fourth-order valence-corrected chi connectivity index (χ4v) is 1.95.